The van der Waals surface area contributed by atoms with Gasteiger partial charge in [-0.3, -0.25) is 9.78 Å². The van der Waals surface area contributed by atoms with Crippen LogP contribution >= 0.6 is 0 Å². The molecule has 0 radical (unpaired) electrons. The fourth-order valence-electron chi connectivity index (χ4n) is 2.19. The van der Waals surface area contributed by atoms with E-state index >= 15 is 0 Å². The second kappa shape index (κ2) is 5.91. The van der Waals surface area contributed by atoms with Gasteiger partial charge in [-0.05, 0) is 38.5 Å². The Bertz CT molecular complexity index is 397. The minimum atomic E-state index is -0.173. The van der Waals surface area contributed by atoms with Gasteiger partial charge >= 0.3 is 0 Å². The zero-order valence-electron chi connectivity index (χ0n) is 10.6. The molecule has 0 atom stereocenters. The average molecular weight is 249 g/mol. The summed E-state index contributed by atoms with van der Waals surface area (Å²) in [6, 6.07) is 0. The van der Waals surface area contributed by atoms with Crippen LogP contribution in [0.5, 0.6) is 0 Å². The monoisotopic (exact) mass is 249 g/mol. The minimum absolute atomic E-state index is 0.153. The van der Waals surface area contributed by atoms with Crippen LogP contribution in [0.25, 0.3) is 0 Å². The Morgan fingerprint density at radius 2 is 2.06 bits per heavy atom. The number of aryl methyl sites for hydroxylation is 1. The van der Waals surface area contributed by atoms with Crippen LogP contribution in [0.3, 0.4) is 0 Å². The smallest absolute Gasteiger partial charge is 0.271 e. The molecule has 1 aliphatic carbocycles. The van der Waals surface area contributed by atoms with E-state index in [0.717, 1.165) is 31.4 Å². The Labute approximate surface area is 107 Å². The predicted molar refractivity (Wildman–Crippen MR) is 67.1 cm³/mol. The number of aliphatic hydroxyl groups is 1. The molecule has 2 N–H and O–H groups in total. The fraction of sp³-hybridized carbons (Fsp3) is 0.615. The lowest BCUT2D eigenvalue weighted by atomic mass is 9.87. The van der Waals surface area contributed by atoms with Crippen LogP contribution in [0.4, 0.5) is 0 Å². The van der Waals surface area contributed by atoms with Gasteiger partial charge in [0, 0.05) is 12.7 Å². The third-order valence-corrected chi connectivity index (χ3v) is 3.38. The number of amides is 1. The van der Waals surface area contributed by atoms with Crippen molar-refractivity contribution in [2.24, 2.45) is 5.92 Å². The molecule has 1 aromatic rings. The second-order valence-electron chi connectivity index (χ2n) is 4.93. The molecule has 0 saturated heterocycles. The summed E-state index contributed by atoms with van der Waals surface area (Å²) in [4.78, 5) is 19.9. The maximum atomic E-state index is 11.8. The van der Waals surface area contributed by atoms with Gasteiger partial charge in [0.15, 0.2) is 0 Å². The molecule has 0 aromatic carbocycles. The van der Waals surface area contributed by atoms with Crippen molar-refractivity contribution in [1.29, 1.82) is 0 Å². The maximum absolute atomic E-state index is 11.8. The zero-order chi connectivity index (χ0) is 13.0. The largest absolute Gasteiger partial charge is 0.393 e. The summed E-state index contributed by atoms with van der Waals surface area (Å²) < 4.78 is 0. The van der Waals surface area contributed by atoms with Gasteiger partial charge in [0.05, 0.1) is 18.0 Å². The molecule has 2 rings (SSSR count). The Balaban J connectivity index is 1.79. The highest BCUT2D eigenvalue weighted by Crippen LogP contribution is 2.23. The minimum Gasteiger partial charge on any atom is -0.393 e. The predicted octanol–water partition coefficient (Wildman–Crippen LogP) is 1.07. The van der Waals surface area contributed by atoms with E-state index in [-0.39, 0.29) is 12.0 Å². The van der Waals surface area contributed by atoms with Gasteiger partial charge in [-0.1, -0.05) is 0 Å². The number of hydrogen-bond donors (Lipinski definition) is 2. The van der Waals surface area contributed by atoms with Gasteiger partial charge in [0.25, 0.3) is 5.91 Å². The van der Waals surface area contributed by atoms with Gasteiger partial charge in [0.1, 0.15) is 5.69 Å². The highest BCUT2D eigenvalue weighted by atomic mass is 16.3. The molecule has 0 unspecified atom stereocenters. The molecule has 1 saturated carbocycles. The Kier molecular flexibility index (Phi) is 4.25. The first kappa shape index (κ1) is 13.0. The highest BCUT2D eigenvalue weighted by molar-refractivity contribution is 5.91. The number of rotatable bonds is 3. The van der Waals surface area contributed by atoms with Crippen molar-refractivity contribution in [2.45, 2.75) is 38.7 Å². The number of carbonyl (C=O) groups excluding carboxylic acids is 1. The van der Waals surface area contributed by atoms with Crippen LogP contribution in [-0.4, -0.2) is 33.6 Å². The molecule has 5 heteroatoms. The van der Waals surface area contributed by atoms with Gasteiger partial charge in [-0.15, -0.1) is 0 Å². The van der Waals surface area contributed by atoms with Crippen molar-refractivity contribution < 1.29 is 9.90 Å². The van der Waals surface area contributed by atoms with Crippen molar-refractivity contribution in [1.82, 2.24) is 15.3 Å². The summed E-state index contributed by atoms with van der Waals surface area (Å²) in [5.41, 5.74) is 1.16. The molecular weight excluding hydrogens is 230 g/mol. The first-order valence-corrected chi connectivity index (χ1v) is 6.40. The maximum Gasteiger partial charge on any atom is 0.271 e. The van der Waals surface area contributed by atoms with E-state index in [1.54, 1.807) is 6.20 Å². The lowest BCUT2D eigenvalue weighted by molar-refractivity contribution is 0.0905. The lowest BCUT2D eigenvalue weighted by Crippen LogP contribution is -2.32. The molecule has 98 valence electrons. The van der Waals surface area contributed by atoms with E-state index in [1.807, 2.05) is 6.92 Å². The molecule has 1 aromatic heterocycles. The molecule has 1 aliphatic rings. The van der Waals surface area contributed by atoms with Gasteiger partial charge in [-0.2, -0.15) is 0 Å². The van der Waals surface area contributed by atoms with Crippen LogP contribution in [0.2, 0.25) is 0 Å². The number of nitrogens with one attached hydrogen (secondary N) is 1. The Hall–Kier alpha value is -1.49. The van der Waals surface area contributed by atoms with Crippen LogP contribution in [0.15, 0.2) is 12.4 Å². The fourth-order valence-corrected chi connectivity index (χ4v) is 2.19. The molecule has 1 heterocycles. The summed E-state index contributed by atoms with van der Waals surface area (Å²) in [5.74, 6) is 0.296. The summed E-state index contributed by atoms with van der Waals surface area (Å²) in [6.45, 7) is 2.49. The van der Waals surface area contributed by atoms with Crippen molar-refractivity contribution in [3.8, 4) is 0 Å². The Morgan fingerprint density at radius 1 is 1.33 bits per heavy atom. The SMILES string of the molecule is Cc1cnc(C(=O)NCC2CCC(O)CC2)cn1. The third-order valence-electron chi connectivity index (χ3n) is 3.38. The topological polar surface area (TPSA) is 75.1 Å². The molecule has 5 nitrogen and oxygen atoms in total. The first-order valence-electron chi connectivity index (χ1n) is 6.40. The van der Waals surface area contributed by atoms with Gasteiger partial charge < -0.3 is 10.4 Å². The molecule has 1 amide bonds. The zero-order valence-corrected chi connectivity index (χ0v) is 10.6. The number of nitrogens with zero attached hydrogens (tertiary/aromatic N) is 2. The molecular formula is C13H19N3O2. The van der Waals surface area contributed by atoms with E-state index < -0.39 is 0 Å². The number of hydrogen-bond acceptors (Lipinski definition) is 4. The number of carbonyl (C=O) groups is 1. The van der Waals surface area contributed by atoms with Crippen molar-refractivity contribution >= 4 is 5.91 Å². The normalized spacial score (nSPS) is 23.7. The van der Waals surface area contributed by atoms with Gasteiger partial charge in [-0.25, -0.2) is 4.98 Å². The quantitative estimate of drug-likeness (QED) is 0.840. The van der Waals surface area contributed by atoms with Crippen LogP contribution in [-0.2, 0) is 0 Å². The van der Waals surface area contributed by atoms with Crippen LogP contribution in [0, 0.1) is 12.8 Å². The number of aromatic nitrogens is 2. The van der Waals surface area contributed by atoms with Crippen LogP contribution in [0.1, 0.15) is 41.9 Å². The van der Waals surface area contributed by atoms with E-state index in [9.17, 15) is 9.90 Å². The second-order valence-corrected chi connectivity index (χ2v) is 4.93. The lowest BCUT2D eigenvalue weighted by Gasteiger charge is -2.25. The number of aliphatic hydroxyl groups excluding tert-OH is 1. The Morgan fingerprint density at radius 3 is 2.67 bits per heavy atom. The summed E-state index contributed by atoms with van der Waals surface area (Å²) in [7, 11) is 0. The van der Waals surface area contributed by atoms with E-state index in [1.165, 1.54) is 6.20 Å². The van der Waals surface area contributed by atoms with E-state index in [4.69, 9.17) is 0 Å². The molecule has 0 spiro atoms. The standard InChI is InChI=1S/C13H19N3O2/c1-9-6-15-12(8-14-9)13(18)16-7-10-2-4-11(17)5-3-10/h6,8,10-11,17H,2-5,7H2,1H3,(H,16,18). The van der Waals surface area contributed by atoms with Crippen molar-refractivity contribution in [3.05, 3.63) is 23.8 Å². The molecule has 0 bridgehead atoms. The van der Waals surface area contributed by atoms with Crippen LogP contribution < -0.4 is 5.32 Å². The van der Waals surface area contributed by atoms with E-state index in [2.05, 4.69) is 15.3 Å². The average Bonchev–Trinajstić information content (AvgIpc) is 2.38. The first-order chi connectivity index (χ1) is 8.65. The molecule has 18 heavy (non-hydrogen) atoms. The van der Waals surface area contributed by atoms with Crippen molar-refractivity contribution in [2.75, 3.05) is 6.54 Å². The van der Waals surface area contributed by atoms with Gasteiger partial charge in [0.2, 0.25) is 0 Å². The third kappa shape index (κ3) is 3.50. The summed E-state index contributed by atoms with van der Waals surface area (Å²) >= 11 is 0. The summed E-state index contributed by atoms with van der Waals surface area (Å²) in [6.07, 6.45) is 6.55. The van der Waals surface area contributed by atoms with Crippen molar-refractivity contribution in [3.63, 3.8) is 0 Å². The van der Waals surface area contributed by atoms with E-state index in [0.29, 0.717) is 18.2 Å². The highest BCUT2D eigenvalue weighted by Gasteiger charge is 2.20. The molecule has 1 fully saturated rings. The summed E-state index contributed by atoms with van der Waals surface area (Å²) in [5, 5.41) is 12.3. The molecule has 0 aliphatic heterocycles.